The van der Waals surface area contributed by atoms with Gasteiger partial charge < -0.3 is 29.2 Å². The van der Waals surface area contributed by atoms with Crippen LogP contribution in [0.25, 0.3) is 0 Å². The summed E-state index contributed by atoms with van der Waals surface area (Å²) < 4.78 is 22.8. The molecule has 2 aliphatic heterocycles. The van der Waals surface area contributed by atoms with E-state index >= 15 is 0 Å². The Balaban J connectivity index is 1.94. The molecule has 2 saturated heterocycles. The third-order valence-electron chi connectivity index (χ3n) is 7.72. The van der Waals surface area contributed by atoms with Crippen molar-refractivity contribution >= 4 is 11.9 Å². The molecule has 0 amide bonds. The summed E-state index contributed by atoms with van der Waals surface area (Å²) in [5.74, 6) is -0.965. The number of carbonyl (C=O) groups excluding carboxylic acids is 2. The SMILES string of the molecule is CCCCCCCCCCCC[C@@H]1CCCCCCCCC(=O)OC[C@H]2O[C@@H](O1)[C@H](O)[C@@H](OC(C)=O)[C@@H]2O. The van der Waals surface area contributed by atoms with Crippen molar-refractivity contribution in [3.8, 4) is 0 Å². The first kappa shape index (κ1) is 33.0. The normalized spacial score (nSPS) is 29.9. The Kier molecular flexibility index (Phi) is 17.2. The number of fused-ring (bicyclic) bond motifs is 2. The van der Waals surface area contributed by atoms with Crippen molar-refractivity contribution in [3.63, 3.8) is 0 Å². The standard InChI is InChI=1S/C30H54O8/c1-3-4-5-6-7-8-9-10-13-16-19-24-20-17-14-11-12-15-18-21-26(32)35-22-25-27(33)29(36-23(2)31)28(34)30(37-24)38-25/h24-25,27-30,33-34H,3-22H2,1-2H3/t24-,25-,27-,28-,29+,30-/m1/s1. The second-order valence-electron chi connectivity index (χ2n) is 11.2. The molecule has 2 fully saturated rings. The molecule has 8 heteroatoms. The molecule has 0 aromatic heterocycles. The summed E-state index contributed by atoms with van der Waals surface area (Å²) in [6.45, 7) is 3.29. The molecule has 2 rings (SSSR count). The zero-order chi connectivity index (χ0) is 27.6. The minimum Gasteiger partial charge on any atom is -0.463 e. The van der Waals surface area contributed by atoms with E-state index in [0.29, 0.717) is 6.42 Å². The Hall–Kier alpha value is -1.22. The van der Waals surface area contributed by atoms with E-state index in [4.69, 9.17) is 18.9 Å². The number of aliphatic hydroxyl groups is 2. The summed E-state index contributed by atoms with van der Waals surface area (Å²) in [7, 11) is 0. The minimum absolute atomic E-state index is 0.104. The lowest BCUT2D eigenvalue weighted by Gasteiger charge is -2.42. The molecule has 2 heterocycles. The van der Waals surface area contributed by atoms with E-state index in [1.807, 2.05) is 0 Å². The van der Waals surface area contributed by atoms with Crippen LogP contribution < -0.4 is 0 Å². The number of cyclic esters (lactones) is 1. The highest BCUT2D eigenvalue weighted by Gasteiger charge is 2.48. The van der Waals surface area contributed by atoms with E-state index in [-0.39, 0.29) is 18.7 Å². The molecule has 6 atom stereocenters. The third-order valence-corrected chi connectivity index (χ3v) is 7.72. The van der Waals surface area contributed by atoms with Crippen molar-refractivity contribution in [1.29, 1.82) is 0 Å². The highest BCUT2D eigenvalue weighted by molar-refractivity contribution is 5.69. The predicted octanol–water partition coefficient (Wildman–Crippen LogP) is 5.74. The van der Waals surface area contributed by atoms with Crippen LogP contribution in [0.15, 0.2) is 0 Å². The van der Waals surface area contributed by atoms with Crippen LogP contribution in [0.3, 0.4) is 0 Å². The first-order chi connectivity index (χ1) is 18.4. The van der Waals surface area contributed by atoms with Gasteiger partial charge in [-0.15, -0.1) is 0 Å². The molecule has 222 valence electrons. The van der Waals surface area contributed by atoms with E-state index < -0.39 is 36.7 Å². The fraction of sp³-hybridized carbons (Fsp3) is 0.933. The van der Waals surface area contributed by atoms with Crippen LogP contribution in [0.5, 0.6) is 0 Å². The first-order valence-electron chi connectivity index (χ1n) is 15.4. The highest BCUT2D eigenvalue weighted by Crippen LogP contribution is 2.28. The zero-order valence-corrected chi connectivity index (χ0v) is 24.0. The number of hydrogen-bond acceptors (Lipinski definition) is 8. The van der Waals surface area contributed by atoms with Gasteiger partial charge in [-0.2, -0.15) is 0 Å². The molecule has 8 nitrogen and oxygen atoms in total. The van der Waals surface area contributed by atoms with E-state index in [1.54, 1.807) is 0 Å². The van der Waals surface area contributed by atoms with Crippen LogP contribution in [-0.2, 0) is 28.5 Å². The largest absolute Gasteiger partial charge is 0.463 e. The van der Waals surface area contributed by atoms with Crippen molar-refractivity contribution < 1.29 is 38.7 Å². The second kappa shape index (κ2) is 19.8. The van der Waals surface area contributed by atoms with Gasteiger partial charge in [0.25, 0.3) is 0 Å². The maximum atomic E-state index is 12.2. The maximum Gasteiger partial charge on any atom is 0.305 e. The molecule has 0 unspecified atom stereocenters. The smallest absolute Gasteiger partial charge is 0.305 e. The number of esters is 2. The molecule has 0 aromatic rings. The molecular weight excluding hydrogens is 488 g/mol. The van der Waals surface area contributed by atoms with Crippen molar-refractivity contribution in [2.24, 2.45) is 0 Å². The van der Waals surface area contributed by atoms with Crippen molar-refractivity contribution in [3.05, 3.63) is 0 Å². The third kappa shape index (κ3) is 13.2. The van der Waals surface area contributed by atoms with Gasteiger partial charge >= 0.3 is 11.9 Å². The number of unbranched alkanes of at least 4 members (excludes halogenated alkanes) is 9. The van der Waals surface area contributed by atoms with Crippen molar-refractivity contribution in [2.75, 3.05) is 6.61 Å². The summed E-state index contributed by atoms with van der Waals surface area (Å²) in [4.78, 5) is 23.8. The number of aliphatic hydroxyl groups excluding tert-OH is 2. The summed E-state index contributed by atoms with van der Waals surface area (Å²) in [5, 5.41) is 21.6. The molecule has 0 aromatic carbocycles. The molecule has 0 radical (unpaired) electrons. The van der Waals surface area contributed by atoms with Crippen LogP contribution >= 0.6 is 0 Å². The van der Waals surface area contributed by atoms with Gasteiger partial charge in [-0.1, -0.05) is 103 Å². The molecule has 0 spiro atoms. The highest BCUT2D eigenvalue weighted by atomic mass is 16.7. The van der Waals surface area contributed by atoms with Crippen LogP contribution in [0, 0.1) is 0 Å². The summed E-state index contributed by atoms with van der Waals surface area (Å²) in [6, 6.07) is 0. The monoisotopic (exact) mass is 542 g/mol. The topological polar surface area (TPSA) is 112 Å². The van der Waals surface area contributed by atoms with Gasteiger partial charge in [0.2, 0.25) is 0 Å². The van der Waals surface area contributed by atoms with Crippen LogP contribution in [0.4, 0.5) is 0 Å². The van der Waals surface area contributed by atoms with E-state index in [0.717, 1.165) is 64.2 Å². The lowest BCUT2D eigenvalue weighted by atomic mass is 9.98. The zero-order valence-electron chi connectivity index (χ0n) is 24.0. The fourth-order valence-corrected chi connectivity index (χ4v) is 5.41. The van der Waals surface area contributed by atoms with Gasteiger partial charge in [-0.3, -0.25) is 9.59 Å². The van der Waals surface area contributed by atoms with Gasteiger partial charge in [0.05, 0.1) is 6.10 Å². The Bertz CT molecular complexity index is 642. The second-order valence-corrected chi connectivity index (χ2v) is 11.2. The lowest BCUT2D eigenvalue weighted by Crippen LogP contribution is -2.61. The predicted molar refractivity (Wildman–Crippen MR) is 145 cm³/mol. The average molecular weight is 543 g/mol. The average Bonchev–Trinajstić information content (AvgIpc) is 2.88. The summed E-state index contributed by atoms with van der Waals surface area (Å²) >= 11 is 0. The van der Waals surface area contributed by atoms with E-state index in [1.165, 1.54) is 58.3 Å². The van der Waals surface area contributed by atoms with Crippen LogP contribution in [-0.4, -0.2) is 65.6 Å². The number of hydrogen-bond donors (Lipinski definition) is 2. The number of rotatable bonds is 12. The first-order valence-corrected chi connectivity index (χ1v) is 15.4. The Morgan fingerprint density at radius 3 is 2.11 bits per heavy atom. The van der Waals surface area contributed by atoms with Gasteiger partial charge in [0.15, 0.2) is 12.4 Å². The van der Waals surface area contributed by atoms with E-state index in [9.17, 15) is 19.8 Å². The van der Waals surface area contributed by atoms with Crippen molar-refractivity contribution in [2.45, 2.75) is 173 Å². The van der Waals surface area contributed by atoms with Crippen LogP contribution in [0.2, 0.25) is 0 Å². The number of ether oxygens (including phenoxy) is 4. The number of carbonyl (C=O) groups is 2. The molecule has 2 bridgehead atoms. The Morgan fingerprint density at radius 2 is 1.45 bits per heavy atom. The van der Waals surface area contributed by atoms with Gasteiger partial charge in [-0.05, 0) is 19.3 Å². The summed E-state index contributed by atoms with van der Waals surface area (Å²) in [5.41, 5.74) is 0. The molecule has 0 saturated carbocycles. The quantitative estimate of drug-likeness (QED) is 0.237. The van der Waals surface area contributed by atoms with Crippen LogP contribution in [0.1, 0.15) is 136 Å². The van der Waals surface area contributed by atoms with Gasteiger partial charge in [0.1, 0.15) is 24.9 Å². The Labute approximate surface area is 230 Å². The summed E-state index contributed by atoms with van der Waals surface area (Å²) in [6.07, 6.45) is 14.7. The molecule has 0 aliphatic carbocycles. The lowest BCUT2D eigenvalue weighted by molar-refractivity contribution is -0.314. The van der Waals surface area contributed by atoms with Crippen molar-refractivity contribution in [1.82, 2.24) is 0 Å². The molecule has 2 N–H and O–H groups in total. The van der Waals surface area contributed by atoms with E-state index in [2.05, 4.69) is 6.92 Å². The Morgan fingerprint density at radius 1 is 0.842 bits per heavy atom. The molecule has 38 heavy (non-hydrogen) atoms. The maximum absolute atomic E-state index is 12.2. The van der Waals surface area contributed by atoms with Gasteiger partial charge in [-0.25, -0.2) is 0 Å². The minimum atomic E-state index is -1.34. The van der Waals surface area contributed by atoms with Gasteiger partial charge in [0, 0.05) is 13.3 Å². The molecule has 2 aliphatic rings. The fourth-order valence-electron chi connectivity index (χ4n) is 5.41. The molecular formula is C30H54O8.